The second kappa shape index (κ2) is 7.50. The van der Waals surface area contributed by atoms with Gasteiger partial charge in [0.05, 0.1) is 26.2 Å². The fourth-order valence-corrected chi connectivity index (χ4v) is 3.50. The zero-order chi connectivity index (χ0) is 17.7. The van der Waals surface area contributed by atoms with Crippen molar-refractivity contribution in [1.82, 2.24) is 25.5 Å². The van der Waals surface area contributed by atoms with Crippen LogP contribution in [0.4, 0.5) is 0 Å². The average Bonchev–Trinajstić information content (AvgIpc) is 3.33. The highest BCUT2D eigenvalue weighted by Crippen LogP contribution is 2.43. The Balaban J connectivity index is 1.77. The standard InChI is InChI=1S/C17H23N5O3/c1-24-14-6-5-13(11-15(14)25-2)17(7-3-4-8-17)16(23)18-9-10-22-12-19-20-21-22/h5-6,11-12H,3-4,7-10H2,1-2H3,(H,18,23). The molecule has 0 radical (unpaired) electrons. The Morgan fingerprint density at radius 1 is 1.24 bits per heavy atom. The number of aromatic nitrogens is 4. The van der Waals surface area contributed by atoms with Gasteiger partial charge in [-0.2, -0.15) is 0 Å². The third-order valence-electron chi connectivity index (χ3n) is 4.85. The fraction of sp³-hybridized carbons (Fsp3) is 0.529. The van der Waals surface area contributed by atoms with Gasteiger partial charge in [-0.05, 0) is 41.0 Å². The van der Waals surface area contributed by atoms with Crippen molar-refractivity contribution < 1.29 is 14.3 Å². The quantitative estimate of drug-likeness (QED) is 0.814. The monoisotopic (exact) mass is 345 g/mol. The van der Waals surface area contributed by atoms with Crippen molar-refractivity contribution in [2.24, 2.45) is 0 Å². The molecule has 0 bridgehead atoms. The molecule has 134 valence electrons. The van der Waals surface area contributed by atoms with Crippen molar-refractivity contribution in [3.63, 3.8) is 0 Å². The van der Waals surface area contributed by atoms with Crippen LogP contribution in [0.3, 0.4) is 0 Å². The minimum absolute atomic E-state index is 0.0466. The molecule has 0 spiro atoms. The summed E-state index contributed by atoms with van der Waals surface area (Å²) >= 11 is 0. The molecule has 2 aromatic rings. The highest BCUT2D eigenvalue weighted by Gasteiger charge is 2.42. The topological polar surface area (TPSA) is 91.2 Å². The van der Waals surface area contributed by atoms with Crippen LogP contribution in [0.5, 0.6) is 11.5 Å². The molecule has 1 N–H and O–H groups in total. The smallest absolute Gasteiger partial charge is 0.230 e. The van der Waals surface area contributed by atoms with E-state index in [2.05, 4.69) is 20.8 Å². The van der Waals surface area contributed by atoms with E-state index >= 15 is 0 Å². The number of benzene rings is 1. The van der Waals surface area contributed by atoms with Gasteiger partial charge in [-0.3, -0.25) is 4.79 Å². The van der Waals surface area contributed by atoms with Crippen LogP contribution in [0.15, 0.2) is 24.5 Å². The third-order valence-corrected chi connectivity index (χ3v) is 4.85. The van der Waals surface area contributed by atoms with E-state index in [1.54, 1.807) is 18.9 Å². The molecule has 1 aliphatic rings. The second-order valence-corrected chi connectivity index (χ2v) is 6.19. The van der Waals surface area contributed by atoms with Crippen LogP contribution < -0.4 is 14.8 Å². The van der Waals surface area contributed by atoms with E-state index in [0.717, 1.165) is 31.2 Å². The number of tetrazole rings is 1. The molecule has 0 atom stereocenters. The van der Waals surface area contributed by atoms with Gasteiger partial charge in [-0.25, -0.2) is 4.68 Å². The number of amides is 1. The predicted molar refractivity (Wildman–Crippen MR) is 90.5 cm³/mol. The van der Waals surface area contributed by atoms with E-state index in [-0.39, 0.29) is 5.91 Å². The Bertz CT molecular complexity index is 711. The molecule has 1 saturated carbocycles. The van der Waals surface area contributed by atoms with E-state index in [4.69, 9.17) is 9.47 Å². The maximum atomic E-state index is 13.0. The molecule has 1 fully saturated rings. The van der Waals surface area contributed by atoms with E-state index < -0.39 is 5.41 Å². The normalized spacial score (nSPS) is 15.8. The summed E-state index contributed by atoms with van der Waals surface area (Å²) < 4.78 is 12.3. The molecule has 1 aromatic heterocycles. The SMILES string of the molecule is COc1ccc(C2(C(=O)NCCn3cnnn3)CCCC2)cc1OC. The zero-order valence-corrected chi connectivity index (χ0v) is 14.6. The zero-order valence-electron chi connectivity index (χ0n) is 14.6. The number of hydrogen-bond donors (Lipinski definition) is 1. The summed E-state index contributed by atoms with van der Waals surface area (Å²) in [5.41, 5.74) is 0.461. The van der Waals surface area contributed by atoms with Gasteiger partial charge in [0.1, 0.15) is 6.33 Å². The van der Waals surface area contributed by atoms with Crippen LogP contribution >= 0.6 is 0 Å². The molecule has 0 unspecified atom stereocenters. The lowest BCUT2D eigenvalue weighted by Gasteiger charge is -2.29. The molecule has 0 aliphatic heterocycles. The number of methoxy groups -OCH3 is 2. The summed E-state index contributed by atoms with van der Waals surface area (Å²) in [5, 5.41) is 14.0. The van der Waals surface area contributed by atoms with E-state index in [1.807, 2.05) is 18.2 Å². The first kappa shape index (κ1) is 17.2. The van der Waals surface area contributed by atoms with E-state index in [0.29, 0.717) is 24.6 Å². The number of carbonyl (C=O) groups excluding carboxylic acids is 1. The minimum atomic E-state index is -0.514. The first-order valence-electron chi connectivity index (χ1n) is 8.41. The summed E-state index contributed by atoms with van der Waals surface area (Å²) in [7, 11) is 3.21. The third kappa shape index (κ3) is 3.42. The molecular formula is C17H23N5O3. The number of ether oxygens (including phenoxy) is 2. The Labute approximate surface area is 146 Å². The maximum Gasteiger partial charge on any atom is 0.230 e. The molecule has 1 heterocycles. The number of hydrogen-bond acceptors (Lipinski definition) is 6. The Hall–Kier alpha value is -2.64. The van der Waals surface area contributed by atoms with Crippen LogP contribution in [-0.4, -0.2) is 46.9 Å². The number of carbonyl (C=O) groups is 1. The summed E-state index contributed by atoms with van der Waals surface area (Å²) in [6.45, 7) is 1.03. The van der Waals surface area contributed by atoms with Crippen LogP contribution in [0.2, 0.25) is 0 Å². The molecule has 1 aliphatic carbocycles. The van der Waals surface area contributed by atoms with Gasteiger partial charge in [0.15, 0.2) is 11.5 Å². The molecule has 0 saturated heterocycles. The molecule has 1 amide bonds. The largest absolute Gasteiger partial charge is 0.493 e. The van der Waals surface area contributed by atoms with Crippen molar-refractivity contribution in [3.8, 4) is 11.5 Å². The molecule has 3 rings (SSSR count). The van der Waals surface area contributed by atoms with Crippen molar-refractivity contribution in [3.05, 3.63) is 30.1 Å². The summed E-state index contributed by atoms with van der Waals surface area (Å²) in [4.78, 5) is 13.0. The lowest BCUT2D eigenvalue weighted by molar-refractivity contribution is -0.126. The van der Waals surface area contributed by atoms with Gasteiger partial charge in [0.2, 0.25) is 5.91 Å². The second-order valence-electron chi connectivity index (χ2n) is 6.19. The van der Waals surface area contributed by atoms with Gasteiger partial charge in [0.25, 0.3) is 0 Å². The summed E-state index contributed by atoms with van der Waals surface area (Å²) in [5.74, 6) is 1.36. The highest BCUT2D eigenvalue weighted by molar-refractivity contribution is 5.88. The number of nitrogens with zero attached hydrogens (tertiary/aromatic N) is 4. The van der Waals surface area contributed by atoms with Crippen molar-refractivity contribution in [2.45, 2.75) is 37.6 Å². The molecular weight excluding hydrogens is 322 g/mol. The number of rotatable bonds is 7. The van der Waals surface area contributed by atoms with Crippen LogP contribution in [0, 0.1) is 0 Å². The predicted octanol–water partition coefficient (Wildman–Crippen LogP) is 1.32. The average molecular weight is 345 g/mol. The lowest BCUT2D eigenvalue weighted by Crippen LogP contribution is -2.43. The van der Waals surface area contributed by atoms with Gasteiger partial charge in [-0.1, -0.05) is 18.9 Å². The maximum absolute atomic E-state index is 13.0. The fourth-order valence-electron chi connectivity index (χ4n) is 3.50. The first-order chi connectivity index (χ1) is 12.2. The molecule has 25 heavy (non-hydrogen) atoms. The van der Waals surface area contributed by atoms with E-state index in [1.165, 1.54) is 6.33 Å². The van der Waals surface area contributed by atoms with Gasteiger partial charge >= 0.3 is 0 Å². The van der Waals surface area contributed by atoms with Crippen molar-refractivity contribution in [2.75, 3.05) is 20.8 Å². The Kier molecular flexibility index (Phi) is 5.16. The van der Waals surface area contributed by atoms with Crippen molar-refractivity contribution in [1.29, 1.82) is 0 Å². The highest BCUT2D eigenvalue weighted by atomic mass is 16.5. The summed E-state index contributed by atoms with van der Waals surface area (Å²) in [6.07, 6.45) is 5.27. The Morgan fingerprint density at radius 2 is 2.00 bits per heavy atom. The lowest BCUT2D eigenvalue weighted by atomic mass is 9.77. The van der Waals surface area contributed by atoms with Crippen LogP contribution in [0.1, 0.15) is 31.2 Å². The molecule has 8 heteroatoms. The Morgan fingerprint density at radius 3 is 2.64 bits per heavy atom. The minimum Gasteiger partial charge on any atom is -0.493 e. The molecule has 8 nitrogen and oxygen atoms in total. The van der Waals surface area contributed by atoms with Crippen molar-refractivity contribution >= 4 is 5.91 Å². The van der Waals surface area contributed by atoms with Gasteiger partial charge < -0.3 is 14.8 Å². The van der Waals surface area contributed by atoms with Crippen LogP contribution in [-0.2, 0) is 16.8 Å². The van der Waals surface area contributed by atoms with E-state index in [9.17, 15) is 4.79 Å². The first-order valence-corrected chi connectivity index (χ1v) is 8.41. The van der Waals surface area contributed by atoms with Crippen LogP contribution in [0.25, 0.3) is 0 Å². The van der Waals surface area contributed by atoms with Gasteiger partial charge in [-0.15, -0.1) is 5.10 Å². The van der Waals surface area contributed by atoms with Gasteiger partial charge in [0, 0.05) is 6.54 Å². The summed E-state index contributed by atoms with van der Waals surface area (Å²) in [6, 6.07) is 5.75. The number of nitrogens with one attached hydrogen (secondary N) is 1. The molecule has 1 aromatic carbocycles.